The lowest BCUT2D eigenvalue weighted by Gasteiger charge is -2.34. The van der Waals surface area contributed by atoms with Crippen LogP contribution in [0.5, 0.6) is 0 Å². The predicted molar refractivity (Wildman–Crippen MR) is 133 cm³/mol. The molecule has 5 rings (SSSR count). The molecular formula is C23H21FN6O2S2. The molecule has 8 nitrogen and oxygen atoms in total. The van der Waals surface area contributed by atoms with Crippen LogP contribution in [0.2, 0.25) is 0 Å². The summed E-state index contributed by atoms with van der Waals surface area (Å²) in [6.45, 7) is 1.56. The number of hydrogen-bond acceptors (Lipinski definition) is 8. The van der Waals surface area contributed by atoms with Crippen LogP contribution in [0.25, 0.3) is 22.3 Å². The Labute approximate surface area is 200 Å². The molecule has 174 valence electrons. The van der Waals surface area contributed by atoms with Crippen molar-refractivity contribution in [3.05, 3.63) is 71.4 Å². The Morgan fingerprint density at radius 2 is 1.91 bits per heavy atom. The molecule has 1 aliphatic rings. The van der Waals surface area contributed by atoms with Gasteiger partial charge in [0, 0.05) is 29.1 Å². The molecule has 1 unspecified atom stereocenters. The molecule has 3 N–H and O–H groups in total. The number of fused-ring (bicyclic) bond motifs is 1. The largest absolute Gasteiger partial charge is 0.369 e. The molecule has 1 atom stereocenters. The minimum Gasteiger partial charge on any atom is -0.369 e. The van der Waals surface area contributed by atoms with Crippen molar-refractivity contribution in [2.45, 2.75) is 12.5 Å². The van der Waals surface area contributed by atoms with Gasteiger partial charge < -0.3 is 11.1 Å². The van der Waals surface area contributed by atoms with Crippen LogP contribution in [0.1, 0.15) is 12.5 Å². The quantitative estimate of drug-likeness (QED) is 0.441. The molecule has 2 aromatic carbocycles. The first-order valence-corrected chi connectivity index (χ1v) is 12.8. The van der Waals surface area contributed by atoms with E-state index in [4.69, 9.17) is 5.73 Å². The molecule has 0 fully saturated rings. The molecule has 11 heteroatoms. The lowest BCUT2D eigenvalue weighted by molar-refractivity contribution is 0.458. The first-order valence-electron chi connectivity index (χ1n) is 10.4. The third-order valence-electron chi connectivity index (χ3n) is 5.73. The molecule has 0 bridgehead atoms. The molecule has 34 heavy (non-hydrogen) atoms. The summed E-state index contributed by atoms with van der Waals surface area (Å²) in [5.41, 5.74) is 7.48. The van der Waals surface area contributed by atoms with Gasteiger partial charge in [0.05, 0.1) is 17.0 Å². The van der Waals surface area contributed by atoms with Gasteiger partial charge in [-0.05, 0) is 37.3 Å². The number of guanidine groups is 1. The number of halogens is 1. The van der Waals surface area contributed by atoms with Gasteiger partial charge in [-0.3, -0.25) is 0 Å². The van der Waals surface area contributed by atoms with Crippen LogP contribution in [-0.4, -0.2) is 41.5 Å². The zero-order chi connectivity index (χ0) is 24.1. The van der Waals surface area contributed by atoms with E-state index in [1.165, 1.54) is 24.5 Å². The van der Waals surface area contributed by atoms with E-state index in [-0.39, 0.29) is 11.5 Å². The average Bonchev–Trinajstić information content (AvgIpc) is 3.26. The van der Waals surface area contributed by atoms with E-state index < -0.39 is 27.1 Å². The second-order valence-electron chi connectivity index (χ2n) is 8.21. The minimum atomic E-state index is -3.72. The van der Waals surface area contributed by atoms with Crippen molar-refractivity contribution in [1.29, 1.82) is 0 Å². The van der Waals surface area contributed by atoms with E-state index in [1.54, 1.807) is 19.1 Å². The topological polar surface area (TPSA) is 114 Å². The maximum Gasteiger partial charge on any atom is 0.239 e. The number of sulfonamides is 1. The van der Waals surface area contributed by atoms with Gasteiger partial charge in [-0.25, -0.2) is 32.1 Å². The number of aromatic nitrogens is 2. The number of pyridine rings is 1. The zero-order valence-corrected chi connectivity index (χ0v) is 20.0. The number of para-hydroxylation sites is 1. The zero-order valence-electron chi connectivity index (χ0n) is 18.4. The third-order valence-corrected chi connectivity index (χ3v) is 8.43. The van der Waals surface area contributed by atoms with Crippen LogP contribution in [0.3, 0.4) is 0 Å². The van der Waals surface area contributed by atoms with Crippen molar-refractivity contribution >= 4 is 49.0 Å². The van der Waals surface area contributed by atoms with E-state index in [9.17, 15) is 12.8 Å². The van der Waals surface area contributed by atoms with Crippen molar-refractivity contribution in [1.82, 2.24) is 14.3 Å². The highest BCUT2D eigenvalue weighted by Gasteiger charge is 2.41. The Morgan fingerprint density at radius 1 is 1.12 bits per heavy atom. The second kappa shape index (κ2) is 8.03. The molecule has 0 saturated heterocycles. The van der Waals surface area contributed by atoms with Crippen LogP contribution in [0.4, 0.5) is 15.2 Å². The highest BCUT2D eigenvalue weighted by Crippen LogP contribution is 2.36. The Hall–Kier alpha value is -3.57. The Morgan fingerprint density at radius 3 is 2.71 bits per heavy atom. The maximum atomic E-state index is 14.8. The van der Waals surface area contributed by atoms with Crippen molar-refractivity contribution in [3.8, 4) is 11.4 Å². The van der Waals surface area contributed by atoms with E-state index in [1.807, 2.05) is 41.8 Å². The van der Waals surface area contributed by atoms with Gasteiger partial charge in [0.25, 0.3) is 0 Å². The lowest BCUT2D eigenvalue weighted by atomic mass is 9.93. The van der Waals surface area contributed by atoms with Gasteiger partial charge >= 0.3 is 0 Å². The molecule has 3 heterocycles. The minimum absolute atomic E-state index is 0.130. The van der Waals surface area contributed by atoms with Gasteiger partial charge in [-0.15, -0.1) is 11.3 Å². The average molecular weight is 497 g/mol. The van der Waals surface area contributed by atoms with Crippen molar-refractivity contribution in [2.75, 3.05) is 18.1 Å². The fraction of sp³-hybridized carbons (Fsp3) is 0.174. The maximum absolute atomic E-state index is 14.8. The van der Waals surface area contributed by atoms with Crippen LogP contribution in [0.15, 0.2) is 65.0 Å². The van der Waals surface area contributed by atoms with Crippen LogP contribution in [-0.2, 0) is 15.6 Å². The Bertz CT molecular complexity index is 1550. The van der Waals surface area contributed by atoms with Crippen LogP contribution < -0.4 is 11.1 Å². The number of hydrogen-bond donors (Lipinski definition) is 2. The molecule has 0 amide bonds. The van der Waals surface area contributed by atoms with E-state index in [2.05, 4.69) is 20.3 Å². The van der Waals surface area contributed by atoms with Gasteiger partial charge in [-0.1, -0.05) is 24.3 Å². The Balaban J connectivity index is 1.44. The first-order chi connectivity index (χ1) is 16.1. The molecule has 0 saturated carbocycles. The summed E-state index contributed by atoms with van der Waals surface area (Å²) in [6, 6.07) is 16.2. The number of benzene rings is 2. The number of nitrogens with zero attached hydrogens (tertiary/aromatic N) is 4. The van der Waals surface area contributed by atoms with Crippen molar-refractivity contribution in [2.24, 2.45) is 10.7 Å². The smallest absolute Gasteiger partial charge is 0.239 e. The van der Waals surface area contributed by atoms with Crippen LogP contribution in [0, 0.1) is 5.82 Å². The molecule has 0 radical (unpaired) electrons. The summed E-state index contributed by atoms with van der Waals surface area (Å²) < 4.78 is 40.7. The van der Waals surface area contributed by atoms with Gasteiger partial charge in [-0.2, -0.15) is 0 Å². The fourth-order valence-corrected chi connectivity index (χ4v) is 6.06. The van der Waals surface area contributed by atoms with Crippen LogP contribution >= 0.6 is 11.3 Å². The van der Waals surface area contributed by atoms with Gasteiger partial charge in [0.15, 0.2) is 5.13 Å². The number of nitrogens with one attached hydrogen (secondary N) is 1. The van der Waals surface area contributed by atoms with E-state index in [0.717, 1.165) is 20.9 Å². The number of thiazole rings is 1. The SMILES string of the molecule is CN1C(N)=NC(C)(c2cc(Nc3nc(-c4ccc5ccccc5n4)cs3)ccc2F)CS1(=O)=O. The number of rotatable bonds is 4. The van der Waals surface area contributed by atoms with Gasteiger partial charge in [0.2, 0.25) is 16.0 Å². The first kappa shape index (κ1) is 22.2. The third kappa shape index (κ3) is 3.97. The van der Waals surface area contributed by atoms with E-state index in [0.29, 0.717) is 16.5 Å². The summed E-state index contributed by atoms with van der Waals surface area (Å²) >= 11 is 1.38. The Kier molecular flexibility index (Phi) is 5.25. The standard InChI is InChI=1S/C23H21FN6O2S2/c1-23(13-34(31,32)30(2)21(25)29-23)16-11-15(8-9-17(16)24)26-22-28-20(12-33-22)19-10-7-14-5-3-4-6-18(14)27-19/h3-12H,13H2,1-2H3,(H2,25,29)(H,26,28). The molecule has 2 aromatic heterocycles. The van der Waals surface area contributed by atoms with Crippen molar-refractivity contribution in [3.63, 3.8) is 0 Å². The highest BCUT2D eigenvalue weighted by molar-refractivity contribution is 7.89. The highest BCUT2D eigenvalue weighted by atomic mass is 32.2. The normalized spacial score (nSPS) is 19.7. The second-order valence-corrected chi connectivity index (χ2v) is 11.1. The number of nitrogens with two attached hydrogens (primary N) is 1. The van der Waals surface area contributed by atoms with E-state index >= 15 is 0 Å². The summed E-state index contributed by atoms with van der Waals surface area (Å²) in [4.78, 5) is 13.6. The summed E-state index contributed by atoms with van der Waals surface area (Å²) in [5, 5.41) is 6.69. The predicted octanol–water partition coefficient (Wildman–Crippen LogP) is 4.05. The summed E-state index contributed by atoms with van der Waals surface area (Å²) in [5.74, 6) is -1.14. The number of anilines is 2. The summed E-state index contributed by atoms with van der Waals surface area (Å²) in [7, 11) is -2.40. The molecule has 0 aliphatic carbocycles. The lowest BCUT2D eigenvalue weighted by Crippen LogP contribution is -2.50. The van der Waals surface area contributed by atoms with Crippen molar-refractivity contribution < 1.29 is 12.8 Å². The molecule has 4 aromatic rings. The van der Waals surface area contributed by atoms with Gasteiger partial charge in [0.1, 0.15) is 17.1 Å². The molecule has 0 spiro atoms. The summed E-state index contributed by atoms with van der Waals surface area (Å²) in [6.07, 6.45) is 0. The fourth-order valence-electron chi connectivity index (χ4n) is 3.88. The molecule has 1 aliphatic heterocycles. The monoisotopic (exact) mass is 496 g/mol. The number of aliphatic imine (C=N–C) groups is 1. The molecular weight excluding hydrogens is 475 g/mol.